The van der Waals surface area contributed by atoms with E-state index < -0.39 is 22.0 Å². The number of amides is 1. The first-order valence-electron chi connectivity index (χ1n) is 9.78. The lowest BCUT2D eigenvalue weighted by molar-refractivity contribution is -0.126. The van der Waals surface area contributed by atoms with Crippen molar-refractivity contribution in [2.75, 3.05) is 11.4 Å². The van der Waals surface area contributed by atoms with Crippen molar-refractivity contribution in [1.82, 2.24) is 0 Å². The van der Waals surface area contributed by atoms with Crippen molar-refractivity contribution in [2.24, 2.45) is 10.3 Å². The molecule has 0 saturated heterocycles. The Morgan fingerprint density at radius 1 is 1.29 bits per heavy atom. The number of hydrogen-bond acceptors (Lipinski definition) is 3. The van der Waals surface area contributed by atoms with Gasteiger partial charge in [-0.25, -0.2) is 8.78 Å². The van der Waals surface area contributed by atoms with Crippen LogP contribution in [0.25, 0.3) is 0 Å². The van der Waals surface area contributed by atoms with Gasteiger partial charge in [0, 0.05) is 36.6 Å². The van der Waals surface area contributed by atoms with Crippen LogP contribution in [0.3, 0.4) is 0 Å². The molecule has 1 amide bonds. The molecule has 4 nitrogen and oxygen atoms in total. The summed E-state index contributed by atoms with van der Waals surface area (Å²) >= 11 is -1.33. The summed E-state index contributed by atoms with van der Waals surface area (Å²) in [6.07, 6.45) is 0.820. The monoisotopic (exact) mass is 410 g/mol. The predicted molar refractivity (Wildman–Crippen MR) is 110 cm³/mol. The molecule has 1 heterocycles. The molecule has 0 radical (unpaired) electrons. The smallest absolute Gasteiger partial charge is 0.248 e. The number of carbonyl (C=O) groups is 1. The molecule has 154 valence electrons. The zero-order valence-electron chi connectivity index (χ0n) is 16.9. The normalized spacial score (nSPS) is 21.5. The number of nitrogens with zero attached hydrogens (tertiary/aromatic N) is 2. The van der Waals surface area contributed by atoms with Crippen molar-refractivity contribution in [2.45, 2.75) is 70.5 Å². The van der Waals surface area contributed by atoms with Gasteiger partial charge in [-0.15, -0.1) is 0 Å². The maximum absolute atomic E-state index is 13.4. The molecule has 0 spiro atoms. The molecule has 28 heavy (non-hydrogen) atoms. The number of benzene rings is 1. The molecule has 1 aromatic carbocycles. The Bertz CT molecular complexity index is 779. The van der Waals surface area contributed by atoms with E-state index in [1.807, 2.05) is 45.9 Å². The second-order valence-corrected chi connectivity index (χ2v) is 10.7. The summed E-state index contributed by atoms with van der Waals surface area (Å²) in [6.45, 7) is 8.06. The highest BCUT2D eigenvalue weighted by Crippen LogP contribution is 2.39. The minimum Gasteiger partial charge on any atom is -0.591 e. The summed E-state index contributed by atoms with van der Waals surface area (Å²) in [4.78, 5) is 14.6. The number of hydrogen-bond donors (Lipinski definition) is 0. The molecule has 1 unspecified atom stereocenters. The maximum atomic E-state index is 13.4. The van der Waals surface area contributed by atoms with E-state index >= 15 is 0 Å². The zero-order valence-corrected chi connectivity index (χ0v) is 17.7. The summed E-state index contributed by atoms with van der Waals surface area (Å²) in [5.74, 6) is -2.98. The molecule has 2 aliphatic rings. The number of anilines is 1. The van der Waals surface area contributed by atoms with Gasteiger partial charge in [0.05, 0.1) is 5.71 Å². The highest BCUT2D eigenvalue weighted by atomic mass is 32.2. The lowest BCUT2D eigenvalue weighted by Gasteiger charge is -2.30. The topological polar surface area (TPSA) is 55.7 Å². The number of carbonyl (C=O) groups excluding carboxylic acids is 1. The van der Waals surface area contributed by atoms with Crippen LogP contribution in [-0.2, 0) is 22.6 Å². The number of alkyl halides is 2. The summed E-state index contributed by atoms with van der Waals surface area (Å²) in [7, 11) is 0. The largest absolute Gasteiger partial charge is 0.591 e. The standard InChI is InChI=1S/C21H28F2N2O2S/c1-14(24-28(27)20(2,3)4)16-5-6-18-17(13-16)9-12-25(18)19(26)15-7-10-21(22,23)11-8-15/h5-6,13,15H,7-12H2,1-4H3. The van der Waals surface area contributed by atoms with Gasteiger partial charge in [-0.3, -0.25) is 4.79 Å². The minimum absolute atomic E-state index is 0.0405. The second kappa shape index (κ2) is 7.75. The highest BCUT2D eigenvalue weighted by molar-refractivity contribution is 7.91. The third-order valence-corrected chi connectivity index (χ3v) is 6.96. The second-order valence-electron chi connectivity index (χ2n) is 8.75. The zero-order chi connectivity index (χ0) is 20.7. The van der Waals surface area contributed by atoms with Crippen LogP contribution >= 0.6 is 0 Å². The van der Waals surface area contributed by atoms with Gasteiger partial charge < -0.3 is 9.45 Å². The van der Waals surface area contributed by atoms with Crippen LogP contribution in [0.15, 0.2) is 22.6 Å². The molecule has 3 rings (SSSR count). The van der Waals surface area contributed by atoms with Crippen LogP contribution in [0.1, 0.15) is 64.5 Å². The molecule has 1 aromatic rings. The highest BCUT2D eigenvalue weighted by Gasteiger charge is 2.39. The van der Waals surface area contributed by atoms with Crippen molar-refractivity contribution < 1.29 is 18.1 Å². The van der Waals surface area contributed by atoms with E-state index in [0.717, 1.165) is 23.2 Å². The predicted octanol–water partition coefficient (Wildman–Crippen LogP) is 4.67. The third-order valence-electron chi connectivity index (χ3n) is 5.47. The third kappa shape index (κ3) is 4.57. The average Bonchev–Trinajstić information content (AvgIpc) is 3.03. The fourth-order valence-corrected chi connectivity index (χ4v) is 4.31. The van der Waals surface area contributed by atoms with Gasteiger partial charge in [-0.2, -0.15) is 0 Å². The molecule has 1 aliphatic heterocycles. The Kier molecular flexibility index (Phi) is 5.88. The first-order valence-corrected chi connectivity index (χ1v) is 10.9. The van der Waals surface area contributed by atoms with Gasteiger partial charge in [0.2, 0.25) is 11.8 Å². The van der Waals surface area contributed by atoms with E-state index in [4.69, 9.17) is 0 Å². The van der Waals surface area contributed by atoms with Crippen LogP contribution < -0.4 is 4.90 Å². The lowest BCUT2D eigenvalue weighted by atomic mass is 9.86. The molecule has 0 aromatic heterocycles. The molecule has 7 heteroatoms. The lowest BCUT2D eigenvalue weighted by Crippen LogP contribution is -2.38. The van der Waals surface area contributed by atoms with E-state index in [0.29, 0.717) is 12.3 Å². The van der Waals surface area contributed by atoms with Crippen molar-refractivity contribution in [3.8, 4) is 0 Å². The summed E-state index contributed by atoms with van der Waals surface area (Å²) in [5.41, 5.74) is 3.50. The Balaban J connectivity index is 1.74. The Hall–Kier alpha value is -1.47. The molecule has 1 saturated carbocycles. The quantitative estimate of drug-likeness (QED) is 0.537. The van der Waals surface area contributed by atoms with Crippen LogP contribution in [0, 0.1) is 5.92 Å². The molecular weight excluding hydrogens is 382 g/mol. The van der Waals surface area contributed by atoms with Crippen molar-refractivity contribution in [3.05, 3.63) is 29.3 Å². The Morgan fingerprint density at radius 2 is 1.93 bits per heavy atom. The maximum Gasteiger partial charge on any atom is 0.248 e. The van der Waals surface area contributed by atoms with Gasteiger partial charge in [0.15, 0.2) is 0 Å². The fraction of sp³-hybridized carbons (Fsp3) is 0.619. The number of fused-ring (bicyclic) bond motifs is 1. The van der Waals surface area contributed by atoms with E-state index in [1.54, 1.807) is 4.90 Å². The van der Waals surface area contributed by atoms with E-state index in [1.165, 1.54) is 0 Å². The van der Waals surface area contributed by atoms with Gasteiger partial charge in [-0.05, 0) is 64.7 Å². The summed E-state index contributed by atoms with van der Waals surface area (Å²) in [6, 6.07) is 5.78. The first-order chi connectivity index (χ1) is 13.0. The van der Waals surface area contributed by atoms with E-state index in [-0.39, 0.29) is 37.5 Å². The fourth-order valence-electron chi connectivity index (χ4n) is 3.68. The van der Waals surface area contributed by atoms with Gasteiger partial charge in [-0.1, -0.05) is 10.5 Å². The molecule has 0 N–H and O–H groups in total. The van der Waals surface area contributed by atoms with Crippen LogP contribution in [0.4, 0.5) is 14.5 Å². The van der Waals surface area contributed by atoms with Crippen LogP contribution in [0.5, 0.6) is 0 Å². The van der Waals surface area contributed by atoms with Crippen molar-refractivity contribution in [1.29, 1.82) is 0 Å². The van der Waals surface area contributed by atoms with Crippen molar-refractivity contribution >= 4 is 28.7 Å². The Labute approximate surface area is 168 Å². The minimum atomic E-state index is -2.63. The van der Waals surface area contributed by atoms with E-state index in [2.05, 4.69) is 4.40 Å². The average molecular weight is 411 g/mol. The van der Waals surface area contributed by atoms with Gasteiger partial charge >= 0.3 is 0 Å². The summed E-state index contributed by atoms with van der Waals surface area (Å²) < 4.78 is 42.9. The molecule has 1 aliphatic carbocycles. The van der Waals surface area contributed by atoms with Gasteiger partial charge in [0.1, 0.15) is 16.1 Å². The molecule has 1 fully saturated rings. The SMILES string of the molecule is CC(=N[S+]([O-])C(C)(C)C)c1ccc2c(c1)CCN2C(=O)C1CCC(F)(F)CC1. The number of halogens is 2. The molecular formula is C21H28F2N2O2S. The molecule has 0 bridgehead atoms. The van der Waals surface area contributed by atoms with Gasteiger partial charge in [0.25, 0.3) is 0 Å². The molecule has 1 atom stereocenters. The number of rotatable bonds is 3. The van der Waals surface area contributed by atoms with E-state index in [9.17, 15) is 18.1 Å². The Morgan fingerprint density at radius 3 is 2.54 bits per heavy atom. The summed E-state index contributed by atoms with van der Waals surface area (Å²) in [5, 5.41) is 0. The van der Waals surface area contributed by atoms with Crippen LogP contribution in [0.2, 0.25) is 0 Å². The first kappa shape index (κ1) is 21.2. The van der Waals surface area contributed by atoms with Crippen molar-refractivity contribution in [3.63, 3.8) is 0 Å². The van der Waals surface area contributed by atoms with Crippen LogP contribution in [-0.4, -0.2) is 33.4 Å².